The Morgan fingerprint density at radius 2 is 1.70 bits per heavy atom. The molecule has 0 aliphatic rings. The van der Waals surface area contributed by atoms with E-state index in [2.05, 4.69) is 16.2 Å². The molecule has 0 radical (unpaired) electrons. The number of para-hydroxylation sites is 1. The molecule has 2 amide bonds. The van der Waals surface area contributed by atoms with Gasteiger partial charge in [0.2, 0.25) is 11.8 Å². The van der Waals surface area contributed by atoms with Crippen molar-refractivity contribution in [3.8, 4) is 5.75 Å². The van der Waals surface area contributed by atoms with Crippen molar-refractivity contribution in [1.29, 1.82) is 0 Å². The zero-order chi connectivity index (χ0) is 21.3. The highest BCUT2D eigenvalue weighted by molar-refractivity contribution is 7.80. The normalized spacial score (nSPS) is 10.6. The Labute approximate surface area is 179 Å². The molecule has 152 valence electrons. The van der Waals surface area contributed by atoms with Crippen molar-refractivity contribution in [3.05, 3.63) is 83.9 Å². The summed E-state index contributed by atoms with van der Waals surface area (Å²) in [5.41, 5.74) is 6.71. The predicted molar refractivity (Wildman–Crippen MR) is 122 cm³/mol. The molecule has 0 bridgehead atoms. The fourth-order valence-corrected chi connectivity index (χ4v) is 3.10. The van der Waals surface area contributed by atoms with E-state index in [1.807, 2.05) is 60.7 Å². The Bertz CT molecular complexity index is 1110. The number of carbonyl (C=O) groups is 2. The van der Waals surface area contributed by atoms with Crippen LogP contribution in [0.25, 0.3) is 16.8 Å². The van der Waals surface area contributed by atoms with Gasteiger partial charge >= 0.3 is 0 Å². The number of methoxy groups -OCH3 is 1. The van der Waals surface area contributed by atoms with Gasteiger partial charge in [-0.25, -0.2) is 0 Å². The molecule has 0 atom stereocenters. The summed E-state index contributed by atoms with van der Waals surface area (Å²) in [5.74, 6) is -0.0443. The second-order valence-corrected chi connectivity index (χ2v) is 6.79. The third-order valence-electron chi connectivity index (χ3n) is 4.34. The number of amides is 2. The second-order valence-electron chi connectivity index (χ2n) is 6.38. The number of rotatable bonds is 5. The Morgan fingerprint density at radius 1 is 0.967 bits per heavy atom. The number of thiocarbonyl (C=S) groups is 1. The maximum Gasteiger partial charge on any atom is 0.250 e. The summed E-state index contributed by atoms with van der Waals surface area (Å²) in [5, 5.41) is 4.56. The van der Waals surface area contributed by atoms with Gasteiger partial charge in [0.1, 0.15) is 5.75 Å². The number of hydrazine groups is 1. The first-order valence-corrected chi connectivity index (χ1v) is 9.65. The van der Waals surface area contributed by atoms with Gasteiger partial charge in [-0.1, -0.05) is 60.7 Å². The van der Waals surface area contributed by atoms with E-state index in [1.54, 1.807) is 19.3 Å². The predicted octanol–water partition coefficient (Wildman–Crippen LogP) is 3.13. The lowest BCUT2D eigenvalue weighted by atomic mass is 10.0. The molecule has 0 heterocycles. The molecule has 0 aromatic heterocycles. The van der Waals surface area contributed by atoms with Crippen LogP contribution in [0.5, 0.6) is 5.75 Å². The fourth-order valence-electron chi connectivity index (χ4n) is 2.94. The van der Waals surface area contributed by atoms with Crippen LogP contribution in [0, 0.1) is 0 Å². The number of benzene rings is 3. The highest BCUT2D eigenvalue weighted by Crippen LogP contribution is 2.19. The third-order valence-corrected chi connectivity index (χ3v) is 4.54. The Balaban J connectivity index is 1.49. The van der Waals surface area contributed by atoms with Crippen LogP contribution in [0.2, 0.25) is 0 Å². The largest absolute Gasteiger partial charge is 0.496 e. The van der Waals surface area contributed by atoms with Crippen molar-refractivity contribution < 1.29 is 14.3 Å². The maximum atomic E-state index is 12.3. The van der Waals surface area contributed by atoms with Gasteiger partial charge in [-0.3, -0.25) is 25.8 Å². The van der Waals surface area contributed by atoms with E-state index >= 15 is 0 Å². The van der Waals surface area contributed by atoms with E-state index in [1.165, 1.54) is 6.08 Å². The number of hydrogen-bond donors (Lipinski definition) is 3. The Kier molecular flexibility index (Phi) is 7.13. The van der Waals surface area contributed by atoms with Crippen LogP contribution in [-0.2, 0) is 16.0 Å². The molecule has 3 N–H and O–H groups in total. The molecule has 3 rings (SSSR count). The van der Waals surface area contributed by atoms with Crippen LogP contribution < -0.4 is 20.9 Å². The van der Waals surface area contributed by atoms with Crippen LogP contribution in [0.1, 0.15) is 11.1 Å². The molecule has 0 aliphatic carbocycles. The number of fused-ring (bicyclic) bond motifs is 1. The second kappa shape index (κ2) is 10.2. The quantitative estimate of drug-likeness (QED) is 0.336. The molecule has 7 heteroatoms. The van der Waals surface area contributed by atoms with Crippen molar-refractivity contribution in [2.45, 2.75) is 6.42 Å². The molecular weight excluding hydrogens is 398 g/mol. The third kappa shape index (κ3) is 5.65. The fraction of sp³-hybridized carbons (Fsp3) is 0.0870. The van der Waals surface area contributed by atoms with Crippen LogP contribution >= 0.6 is 12.2 Å². The van der Waals surface area contributed by atoms with Crippen LogP contribution in [0.4, 0.5) is 0 Å². The van der Waals surface area contributed by atoms with Gasteiger partial charge in [0.15, 0.2) is 5.11 Å². The van der Waals surface area contributed by atoms with Crippen molar-refractivity contribution in [2.24, 2.45) is 0 Å². The molecule has 3 aromatic rings. The van der Waals surface area contributed by atoms with Gasteiger partial charge < -0.3 is 4.74 Å². The zero-order valence-electron chi connectivity index (χ0n) is 16.3. The first-order chi connectivity index (χ1) is 14.6. The van der Waals surface area contributed by atoms with Gasteiger partial charge in [-0.2, -0.15) is 0 Å². The molecule has 0 fully saturated rings. The Morgan fingerprint density at radius 3 is 2.53 bits per heavy atom. The van der Waals surface area contributed by atoms with Crippen LogP contribution in [-0.4, -0.2) is 24.0 Å². The summed E-state index contributed by atoms with van der Waals surface area (Å²) in [4.78, 5) is 24.3. The molecule has 0 saturated heterocycles. The number of carbonyl (C=O) groups excluding carboxylic acids is 2. The molecule has 3 aromatic carbocycles. The minimum absolute atomic E-state index is 0.00375. The lowest BCUT2D eigenvalue weighted by Gasteiger charge is -2.11. The van der Waals surface area contributed by atoms with Gasteiger partial charge in [0.05, 0.1) is 13.5 Å². The summed E-state index contributed by atoms with van der Waals surface area (Å²) in [6.07, 6.45) is 3.14. The van der Waals surface area contributed by atoms with E-state index in [0.717, 1.165) is 21.9 Å². The standard InChI is InChI=1S/C23H21N3O3S/c1-29-20-12-5-3-8-17(20)13-14-21(27)24-23(30)26-25-22(28)15-18-10-6-9-16-7-2-4-11-19(16)18/h2-14H,15H2,1H3,(H,25,28)(H2,24,26,27,30). The van der Waals surface area contributed by atoms with Gasteiger partial charge in [0.25, 0.3) is 0 Å². The zero-order valence-corrected chi connectivity index (χ0v) is 17.2. The van der Waals surface area contributed by atoms with Gasteiger partial charge in [0, 0.05) is 11.6 Å². The number of hydrogen-bond acceptors (Lipinski definition) is 4. The number of ether oxygens (including phenoxy) is 1. The summed E-state index contributed by atoms with van der Waals surface area (Å²) in [7, 11) is 1.56. The lowest BCUT2D eigenvalue weighted by molar-refractivity contribution is -0.121. The summed E-state index contributed by atoms with van der Waals surface area (Å²) in [6, 6.07) is 21.0. The molecule has 0 aliphatic heterocycles. The van der Waals surface area contributed by atoms with E-state index in [4.69, 9.17) is 17.0 Å². The molecule has 6 nitrogen and oxygen atoms in total. The average molecular weight is 420 g/mol. The van der Waals surface area contributed by atoms with E-state index in [9.17, 15) is 9.59 Å². The smallest absolute Gasteiger partial charge is 0.250 e. The van der Waals surface area contributed by atoms with Crippen LogP contribution in [0.15, 0.2) is 72.8 Å². The Hall–Kier alpha value is -3.71. The minimum atomic E-state index is -0.429. The first kappa shape index (κ1) is 21.0. The molecular formula is C23H21N3O3S. The molecule has 0 spiro atoms. The molecule has 0 saturated carbocycles. The highest BCUT2D eigenvalue weighted by Gasteiger charge is 2.08. The van der Waals surface area contributed by atoms with Crippen molar-refractivity contribution >= 4 is 46.0 Å². The first-order valence-electron chi connectivity index (χ1n) is 9.24. The SMILES string of the molecule is COc1ccccc1C=CC(=O)NC(=S)NNC(=O)Cc1cccc2ccccc12. The van der Waals surface area contributed by atoms with Crippen molar-refractivity contribution in [1.82, 2.24) is 16.2 Å². The summed E-state index contributed by atoms with van der Waals surface area (Å²) in [6.45, 7) is 0. The van der Waals surface area contributed by atoms with Gasteiger partial charge in [-0.05, 0) is 40.7 Å². The van der Waals surface area contributed by atoms with E-state index in [-0.39, 0.29) is 17.4 Å². The number of nitrogens with one attached hydrogen (secondary N) is 3. The highest BCUT2D eigenvalue weighted by atomic mass is 32.1. The van der Waals surface area contributed by atoms with E-state index in [0.29, 0.717) is 5.75 Å². The lowest BCUT2D eigenvalue weighted by Crippen LogP contribution is -2.48. The topological polar surface area (TPSA) is 79.5 Å². The average Bonchev–Trinajstić information content (AvgIpc) is 2.77. The molecule has 30 heavy (non-hydrogen) atoms. The minimum Gasteiger partial charge on any atom is -0.496 e. The van der Waals surface area contributed by atoms with E-state index < -0.39 is 5.91 Å². The van der Waals surface area contributed by atoms with Crippen molar-refractivity contribution in [3.63, 3.8) is 0 Å². The van der Waals surface area contributed by atoms with Crippen LogP contribution in [0.3, 0.4) is 0 Å². The molecule has 0 unspecified atom stereocenters. The summed E-state index contributed by atoms with van der Waals surface area (Å²) >= 11 is 5.05. The summed E-state index contributed by atoms with van der Waals surface area (Å²) < 4.78 is 5.23. The van der Waals surface area contributed by atoms with Crippen molar-refractivity contribution in [2.75, 3.05) is 7.11 Å². The van der Waals surface area contributed by atoms with Gasteiger partial charge in [-0.15, -0.1) is 0 Å². The maximum absolute atomic E-state index is 12.3. The monoisotopic (exact) mass is 419 g/mol.